The van der Waals surface area contributed by atoms with E-state index in [0.29, 0.717) is 0 Å². The van der Waals surface area contributed by atoms with Gasteiger partial charge in [-0.15, -0.1) is 11.8 Å². The lowest BCUT2D eigenvalue weighted by Gasteiger charge is -2.40. The van der Waals surface area contributed by atoms with Gasteiger partial charge in [-0.25, -0.2) is 5.43 Å². The van der Waals surface area contributed by atoms with Crippen LogP contribution >= 0.6 is 11.8 Å². The molecule has 0 saturated carbocycles. The Morgan fingerprint density at radius 1 is 1.27 bits per heavy atom. The van der Waals surface area contributed by atoms with Gasteiger partial charge in [0.2, 0.25) is 5.91 Å². The molecule has 0 bridgehead atoms. The normalized spacial score (nSPS) is 14.9. The van der Waals surface area contributed by atoms with Crippen LogP contribution in [0.3, 0.4) is 0 Å². The Morgan fingerprint density at radius 2 is 1.97 bits per heavy atom. The van der Waals surface area contributed by atoms with Crippen molar-refractivity contribution in [3.8, 4) is 0 Å². The number of nitro groups is 1. The second-order valence-corrected chi connectivity index (χ2v) is 8.70. The number of likely N-dealkylation sites (N-methyl/N-ethyl adjacent to an activating group) is 1. The van der Waals surface area contributed by atoms with Gasteiger partial charge >= 0.3 is 0 Å². The van der Waals surface area contributed by atoms with Crippen LogP contribution in [-0.2, 0) is 4.79 Å². The van der Waals surface area contributed by atoms with Crippen molar-refractivity contribution in [3.05, 3.63) is 69.8 Å². The molecule has 0 atom stereocenters. The number of hydrazone groups is 1. The van der Waals surface area contributed by atoms with Gasteiger partial charge in [0.05, 0.1) is 22.4 Å². The lowest BCUT2D eigenvalue weighted by atomic mass is 9.89. The molecule has 0 spiro atoms. The molecule has 30 heavy (non-hydrogen) atoms. The standard InChI is InChI=1S/C22H24N4O3S/c1-15-12-22(2,3)25(4)20-10-5-16(11-19(15)20)13-23-24-21(27)14-30-18-8-6-17(7-9-18)26(28)29/h5-13H,14H2,1-4H3,(H,24,27)/b23-13-. The monoisotopic (exact) mass is 424 g/mol. The number of fused-ring (bicyclic) bond motifs is 1. The zero-order valence-corrected chi connectivity index (χ0v) is 18.2. The van der Waals surface area contributed by atoms with E-state index in [1.807, 2.05) is 6.07 Å². The van der Waals surface area contributed by atoms with E-state index in [4.69, 9.17) is 0 Å². The number of nitrogens with one attached hydrogen (secondary N) is 1. The van der Waals surface area contributed by atoms with E-state index in [0.717, 1.165) is 16.0 Å². The lowest BCUT2D eigenvalue weighted by Crippen LogP contribution is -2.42. The van der Waals surface area contributed by atoms with E-state index < -0.39 is 4.92 Å². The topological polar surface area (TPSA) is 87.8 Å². The number of rotatable bonds is 6. The highest BCUT2D eigenvalue weighted by Gasteiger charge is 2.28. The minimum atomic E-state index is -0.452. The molecule has 8 heteroatoms. The molecule has 1 aliphatic rings. The number of hydrogen-bond acceptors (Lipinski definition) is 6. The molecule has 1 amide bonds. The number of carbonyl (C=O) groups excluding carboxylic acids is 1. The van der Waals surface area contributed by atoms with Crippen molar-refractivity contribution in [2.24, 2.45) is 5.10 Å². The van der Waals surface area contributed by atoms with E-state index in [1.165, 1.54) is 35.2 Å². The van der Waals surface area contributed by atoms with Gasteiger partial charge in [0.1, 0.15) is 0 Å². The van der Waals surface area contributed by atoms with Crippen molar-refractivity contribution in [1.82, 2.24) is 5.43 Å². The summed E-state index contributed by atoms with van der Waals surface area (Å²) in [5.74, 6) is -0.0775. The SMILES string of the molecule is CC1=CC(C)(C)N(C)c2ccc(/C=N\NC(=O)CSc3ccc([N+](=O)[O-])cc3)cc21. The van der Waals surface area contributed by atoms with Crippen LogP contribution in [0.4, 0.5) is 11.4 Å². The molecular weight excluding hydrogens is 400 g/mol. The Labute approximate surface area is 180 Å². The molecule has 2 aromatic carbocycles. The smallest absolute Gasteiger partial charge is 0.269 e. The highest BCUT2D eigenvalue weighted by atomic mass is 32.2. The minimum Gasteiger partial charge on any atom is -0.366 e. The molecule has 7 nitrogen and oxygen atoms in total. The van der Waals surface area contributed by atoms with Crippen LogP contribution in [0.1, 0.15) is 31.9 Å². The number of nitrogens with zero attached hydrogens (tertiary/aromatic N) is 3. The maximum atomic E-state index is 12.0. The first-order chi connectivity index (χ1) is 14.2. The number of carbonyl (C=O) groups is 1. The average molecular weight is 425 g/mol. The Hall–Kier alpha value is -3.13. The Kier molecular flexibility index (Phi) is 6.26. The van der Waals surface area contributed by atoms with Gasteiger partial charge in [-0.2, -0.15) is 5.10 Å². The molecule has 1 heterocycles. The number of allylic oxidation sites excluding steroid dienone is 1. The molecule has 0 aromatic heterocycles. The largest absolute Gasteiger partial charge is 0.366 e. The van der Waals surface area contributed by atoms with Crippen LogP contribution in [0.2, 0.25) is 0 Å². The molecule has 0 aliphatic carbocycles. The third-order valence-electron chi connectivity index (χ3n) is 5.06. The van der Waals surface area contributed by atoms with Crippen LogP contribution in [0, 0.1) is 10.1 Å². The molecular formula is C22H24N4O3S. The van der Waals surface area contributed by atoms with E-state index in [-0.39, 0.29) is 22.9 Å². The fourth-order valence-corrected chi connectivity index (χ4v) is 3.97. The summed E-state index contributed by atoms with van der Waals surface area (Å²) in [5.41, 5.74) is 6.94. The first-order valence-corrected chi connectivity index (χ1v) is 10.4. The summed E-state index contributed by atoms with van der Waals surface area (Å²) < 4.78 is 0. The number of nitro benzene ring substituents is 1. The van der Waals surface area contributed by atoms with Crippen molar-refractivity contribution < 1.29 is 9.72 Å². The van der Waals surface area contributed by atoms with E-state index >= 15 is 0 Å². The number of thioether (sulfide) groups is 1. The molecule has 2 aromatic rings. The predicted molar refractivity (Wildman–Crippen MR) is 122 cm³/mol. The molecule has 0 unspecified atom stereocenters. The third kappa shape index (κ3) is 4.88. The van der Waals surface area contributed by atoms with Crippen LogP contribution in [0.15, 0.2) is 58.5 Å². The van der Waals surface area contributed by atoms with E-state index in [1.54, 1.807) is 18.3 Å². The Balaban J connectivity index is 1.57. The maximum absolute atomic E-state index is 12.0. The number of benzene rings is 2. The summed E-state index contributed by atoms with van der Waals surface area (Å²) in [5, 5.41) is 14.7. The maximum Gasteiger partial charge on any atom is 0.269 e. The number of anilines is 1. The molecule has 0 fully saturated rings. The highest BCUT2D eigenvalue weighted by Crippen LogP contribution is 2.37. The molecule has 0 radical (unpaired) electrons. The summed E-state index contributed by atoms with van der Waals surface area (Å²) in [6, 6.07) is 12.2. The fourth-order valence-electron chi connectivity index (χ4n) is 3.28. The van der Waals surface area contributed by atoms with Gasteiger partial charge < -0.3 is 4.90 Å². The first kappa shape index (κ1) is 21.6. The zero-order chi connectivity index (χ0) is 21.9. The summed E-state index contributed by atoms with van der Waals surface area (Å²) in [7, 11) is 2.08. The average Bonchev–Trinajstić information content (AvgIpc) is 2.70. The molecule has 1 aliphatic heterocycles. The summed E-state index contributed by atoms with van der Waals surface area (Å²) in [6.45, 7) is 6.46. The van der Waals surface area contributed by atoms with Gasteiger partial charge in [-0.3, -0.25) is 14.9 Å². The van der Waals surface area contributed by atoms with E-state index in [9.17, 15) is 14.9 Å². The summed E-state index contributed by atoms with van der Waals surface area (Å²) in [6.07, 6.45) is 3.87. The number of amides is 1. The first-order valence-electron chi connectivity index (χ1n) is 9.44. The van der Waals surface area contributed by atoms with Crippen molar-refractivity contribution >= 4 is 40.8 Å². The molecule has 3 rings (SSSR count). The van der Waals surface area contributed by atoms with Crippen LogP contribution in [-0.4, -0.2) is 35.4 Å². The second-order valence-electron chi connectivity index (χ2n) is 7.65. The van der Waals surface area contributed by atoms with Crippen LogP contribution in [0.25, 0.3) is 5.57 Å². The highest BCUT2D eigenvalue weighted by molar-refractivity contribution is 8.00. The lowest BCUT2D eigenvalue weighted by molar-refractivity contribution is -0.384. The Morgan fingerprint density at radius 3 is 2.63 bits per heavy atom. The second kappa shape index (κ2) is 8.71. The molecule has 0 saturated heterocycles. The Bertz CT molecular complexity index is 1030. The minimum absolute atomic E-state index is 0.0262. The van der Waals surface area contributed by atoms with Crippen molar-refractivity contribution in [2.75, 3.05) is 17.7 Å². The van der Waals surface area contributed by atoms with Crippen LogP contribution < -0.4 is 10.3 Å². The van der Waals surface area contributed by atoms with Gasteiger partial charge in [-0.1, -0.05) is 12.1 Å². The third-order valence-corrected chi connectivity index (χ3v) is 6.07. The molecule has 156 valence electrons. The van der Waals surface area contributed by atoms with Gasteiger partial charge in [0, 0.05) is 35.3 Å². The van der Waals surface area contributed by atoms with E-state index in [2.05, 4.69) is 61.5 Å². The van der Waals surface area contributed by atoms with Gasteiger partial charge in [0.15, 0.2) is 0 Å². The quantitative estimate of drug-likeness (QED) is 0.320. The number of hydrogen-bond donors (Lipinski definition) is 1. The van der Waals surface area contributed by atoms with Crippen molar-refractivity contribution in [3.63, 3.8) is 0 Å². The molecule has 1 N–H and O–H groups in total. The van der Waals surface area contributed by atoms with Gasteiger partial charge in [-0.05, 0) is 56.2 Å². The number of non-ortho nitro benzene ring substituents is 1. The summed E-state index contributed by atoms with van der Waals surface area (Å²) in [4.78, 5) is 25.3. The van der Waals surface area contributed by atoms with Crippen molar-refractivity contribution in [1.29, 1.82) is 0 Å². The fraction of sp³-hybridized carbons (Fsp3) is 0.273. The predicted octanol–water partition coefficient (Wildman–Crippen LogP) is 4.47. The van der Waals surface area contributed by atoms with Crippen molar-refractivity contribution in [2.45, 2.75) is 31.2 Å². The van der Waals surface area contributed by atoms with Crippen LogP contribution in [0.5, 0.6) is 0 Å². The van der Waals surface area contributed by atoms with Gasteiger partial charge in [0.25, 0.3) is 5.69 Å². The zero-order valence-electron chi connectivity index (χ0n) is 17.4. The summed E-state index contributed by atoms with van der Waals surface area (Å²) >= 11 is 1.29.